The van der Waals surface area contributed by atoms with Gasteiger partial charge < -0.3 is 10.2 Å². The lowest BCUT2D eigenvalue weighted by atomic mass is 10.1. The monoisotopic (exact) mass is 203 g/mol. The fourth-order valence-electron chi connectivity index (χ4n) is 1.91. The minimum Gasteiger partial charge on any atom is -0.354 e. The Labute approximate surface area is 90.6 Å². The number of piperazine rings is 1. The van der Waals surface area contributed by atoms with Gasteiger partial charge in [0.25, 0.3) is 0 Å². The molecule has 0 spiro atoms. The normalized spacial score (nSPS) is 21.4. The van der Waals surface area contributed by atoms with E-state index < -0.39 is 0 Å². The molecule has 0 aromatic heterocycles. The van der Waals surface area contributed by atoms with Gasteiger partial charge in [0.15, 0.2) is 0 Å². The van der Waals surface area contributed by atoms with Crippen LogP contribution in [0.25, 0.3) is 0 Å². The van der Waals surface area contributed by atoms with Crippen LogP contribution in [0.4, 0.5) is 0 Å². The quantitative estimate of drug-likeness (QED) is 0.533. The van der Waals surface area contributed by atoms with Gasteiger partial charge >= 0.3 is 0 Å². The van der Waals surface area contributed by atoms with Crippen molar-refractivity contribution in [2.24, 2.45) is 0 Å². The SMILES string of the molecule is CC1CN(C(=N)c2ccccc2)CCN1. The molecule has 0 aliphatic carbocycles. The molecule has 1 atom stereocenters. The Morgan fingerprint density at radius 1 is 1.40 bits per heavy atom. The molecule has 1 fully saturated rings. The van der Waals surface area contributed by atoms with E-state index in [0.29, 0.717) is 11.9 Å². The van der Waals surface area contributed by atoms with Crippen LogP contribution in [0.15, 0.2) is 30.3 Å². The van der Waals surface area contributed by atoms with E-state index in [9.17, 15) is 0 Å². The van der Waals surface area contributed by atoms with Crippen LogP contribution in [-0.4, -0.2) is 36.4 Å². The van der Waals surface area contributed by atoms with Crippen molar-refractivity contribution in [2.75, 3.05) is 19.6 Å². The van der Waals surface area contributed by atoms with E-state index in [4.69, 9.17) is 5.41 Å². The molecule has 0 amide bonds. The minimum atomic E-state index is 0.475. The molecule has 3 heteroatoms. The lowest BCUT2D eigenvalue weighted by Crippen LogP contribution is -2.51. The first kappa shape index (κ1) is 10.2. The molecular formula is C12H17N3. The zero-order chi connectivity index (χ0) is 10.7. The van der Waals surface area contributed by atoms with Gasteiger partial charge in [0.05, 0.1) is 0 Å². The third-order valence-corrected chi connectivity index (χ3v) is 2.73. The first-order valence-electron chi connectivity index (χ1n) is 5.39. The second kappa shape index (κ2) is 4.45. The van der Waals surface area contributed by atoms with Crippen molar-refractivity contribution in [3.8, 4) is 0 Å². The zero-order valence-electron chi connectivity index (χ0n) is 9.03. The van der Waals surface area contributed by atoms with Gasteiger partial charge in [-0.1, -0.05) is 30.3 Å². The zero-order valence-corrected chi connectivity index (χ0v) is 9.03. The van der Waals surface area contributed by atoms with Gasteiger partial charge in [-0.05, 0) is 6.92 Å². The van der Waals surface area contributed by atoms with E-state index >= 15 is 0 Å². The summed E-state index contributed by atoms with van der Waals surface area (Å²) in [4.78, 5) is 2.14. The average molecular weight is 203 g/mol. The van der Waals surface area contributed by atoms with Crippen LogP contribution >= 0.6 is 0 Å². The molecule has 1 aromatic carbocycles. The van der Waals surface area contributed by atoms with Crippen LogP contribution in [0.5, 0.6) is 0 Å². The van der Waals surface area contributed by atoms with Crippen molar-refractivity contribution in [2.45, 2.75) is 13.0 Å². The van der Waals surface area contributed by atoms with Gasteiger partial charge in [0.1, 0.15) is 5.84 Å². The third kappa shape index (κ3) is 2.36. The number of nitrogens with one attached hydrogen (secondary N) is 2. The average Bonchev–Trinajstić information content (AvgIpc) is 2.29. The summed E-state index contributed by atoms with van der Waals surface area (Å²) in [5, 5.41) is 11.5. The lowest BCUT2D eigenvalue weighted by Gasteiger charge is -2.33. The third-order valence-electron chi connectivity index (χ3n) is 2.73. The lowest BCUT2D eigenvalue weighted by molar-refractivity contribution is 0.303. The summed E-state index contributed by atoms with van der Waals surface area (Å²) in [6.07, 6.45) is 0. The molecule has 2 N–H and O–H groups in total. The van der Waals surface area contributed by atoms with Crippen molar-refractivity contribution in [3.05, 3.63) is 35.9 Å². The van der Waals surface area contributed by atoms with Gasteiger partial charge in [0.2, 0.25) is 0 Å². The number of hydrogen-bond donors (Lipinski definition) is 2. The highest BCUT2D eigenvalue weighted by molar-refractivity contribution is 5.96. The molecule has 0 radical (unpaired) electrons. The van der Waals surface area contributed by atoms with Crippen LogP contribution in [0.1, 0.15) is 12.5 Å². The van der Waals surface area contributed by atoms with Gasteiger partial charge in [-0.25, -0.2) is 0 Å². The molecular weight excluding hydrogens is 186 g/mol. The molecule has 1 aliphatic rings. The van der Waals surface area contributed by atoms with Gasteiger partial charge in [-0.3, -0.25) is 5.41 Å². The maximum atomic E-state index is 8.11. The van der Waals surface area contributed by atoms with E-state index in [2.05, 4.69) is 17.1 Å². The highest BCUT2D eigenvalue weighted by atomic mass is 15.2. The van der Waals surface area contributed by atoms with Gasteiger partial charge in [-0.15, -0.1) is 0 Å². The fourth-order valence-corrected chi connectivity index (χ4v) is 1.91. The summed E-state index contributed by atoms with van der Waals surface area (Å²) >= 11 is 0. The van der Waals surface area contributed by atoms with E-state index in [1.54, 1.807) is 0 Å². The van der Waals surface area contributed by atoms with Gasteiger partial charge in [-0.2, -0.15) is 0 Å². The molecule has 0 bridgehead atoms. The first-order chi connectivity index (χ1) is 7.27. The number of nitrogens with zero attached hydrogens (tertiary/aromatic N) is 1. The van der Waals surface area contributed by atoms with E-state index in [-0.39, 0.29) is 0 Å². The molecule has 1 saturated heterocycles. The second-order valence-electron chi connectivity index (χ2n) is 4.02. The maximum absolute atomic E-state index is 8.11. The number of rotatable bonds is 1. The van der Waals surface area contributed by atoms with Crippen LogP contribution in [0.3, 0.4) is 0 Å². The molecule has 2 rings (SSSR count). The Hall–Kier alpha value is -1.35. The summed E-state index contributed by atoms with van der Waals surface area (Å²) in [7, 11) is 0. The van der Waals surface area contributed by atoms with Crippen molar-refractivity contribution in [1.82, 2.24) is 10.2 Å². The van der Waals surface area contributed by atoms with Crippen LogP contribution in [0.2, 0.25) is 0 Å². The Bertz CT molecular complexity index is 334. The Kier molecular flexibility index (Phi) is 3.02. The summed E-state index contributed by atoms with van der Waals surface area (Å²) in [6, 6.07) is 10.4. The molecule has 3 nitrogen and oxygen atoms in total. The molecule has 15 heavy (non-hydrogen) atoms. The second-order valence-corrected chi connectivity index (χ2v) is 4.02. The maximum Gasteiger partial charge on any atom is 0.128 e. The Balaban J connectivity index is 2.08. The molecule has 0 saturated carbocycles. The highest BCUT2D eigenvalue weighted by Gasteiger charge is 2.18. The molecule has 1 unspecified atom stereocenters. The summed E-state index contributed by atoms with van der Waals surface area (Å²) < 4.78 is 0. The summed E-state index contributed by atoms with van der Waals surface area (Å²) in [6.45, 7) is 4.98. The topological polar surface area (TPSA) is 39.1 Å². The highest BCUT2D eigenvalue weighted by Crippen LogP contribution is 2.07. The minimum absolute atomic E-state index is 0.475. The smallest absolute Gasteiger partial charge is 0.128 e. The van der Waals surface area contributed by atoms with Crippen LogP contribution < -0.4 is 5.32 Å². The predicted octanol–water partition coefficient (Wildman–Crippen LogP) is 1.31. The molecule has 1 aliphatic heterocycles. The van der Waals surface area contributed by atoms with Crippen molar-refractivity contribution < 1.29 is 0 Å². The Morgan fingerprint density at radius 3 is 2.80 bits per heavy atom. The van der Waals surface area contributed by atoms with Gasteiger partial charge in [0, 0.05) is 31.2 Å². The standard InChI is InChI=1S/C12H17N3/c1-10-9-15(8-7-14-10)12(13)11-5-3-2-4-6-11/h2-6,10,13-14H,7-9H2,1H3. The van der Waals surface area contributed by atoms with Crippen molar-refractivity contribution in [1.29, 1.82) is 5.41 Å². The van der Waals surface area contributed by atoms with Crippen LogP contribution in [0, 0.1) is 5.41 Å². The van der Waals surface area contributed by atoms with E-state index in [1.165, 1.54) is 0 Å². The van der Waals surface area contributed by atoms with Crippen molar-refractivity contribution in [3.63, 3.8) is 0 Å². The fraction of sp³-hybridized carbons (Fsp3) is 0.417. The number of hydrogen-bond acceptors (Lipinski definition) is 2. The first-order valence-corrected chi connectivity index (χ1v) is 5.39. The molecule has 1 aromatic rings. The summed E-state index contributed by atoms with van der Waals surface area (Å²) in [5.41, 5.74) is 1.01. The van der Waals surface area contributed by atoms with Crippen LogP contribution in [-0.2, 0) is 0 Å². The van der Waals surface area contributed by atoms with E-state index in [0.717, 1.165) is 25.2 Å². The number of amidine groups is 1. The largest absolute Gasteiger partial charge is 0.354 e. The number of benzene rings is 1. The molecule has 80 valence electrons. The molecule has 1 heterocycles. The van der Waals surface area contributed by atoms with E-state index in [1.807, 2.05) is 30.3 Å². The Morgan fingerprint density at radius 2 is 2.13 bits per heavy atom. The predicted molar refractivity (Wildman–Crippen MR) is 62.3 cm³/mol. The summed E-state index contributed by atoms with van der Waals surface area (Å²) in [5.74, 6) is 0.643. The van der Waals surface area contributed by atoms with Crippen molar-refractivity contribution >= 4 is 5.84 Å².